The van der Waals surface area contributed by atoms with Crippen molar-refractivity contribution in [3.63, 3.8) is 0 Å². The topological polar surface area (TPSA) is 66.8 Å². The Kier molecular flexibility index (Phi) is 5.20. The monoisotopic (exact) mass is 291 g/mol. The molecule has 1 unspecified atom stereocenters. The molecule has 1 heterocycles. The van der Waals surface area contributed by atoms with Crippen LogP contribution in [0.15, 0.2) is 24.3 Å². The first-order valence-corrected chi connectivity index (χ1v) is 7.36. The first-order chi connectivity index (χ1) is 10.1. The minimum Gasteiger partial charge on any atom is -0.493 e. The van der Waals surface area contributed by atoms with Gasteiger partial charge in [0.15, 0.2) is 0 Å². The molecule has 5 heteroatoms. The molecule has 1 amide bonds. The minimum atomic E-state index is -0.919. The second kappa shape index (κ2) is 7.11. The van der Waals surface area contributed by atoms with Crippen LogP contribution < -0.4 is 4.74 Å². The van der Waals surface area contributed by atoms with Crippen molar-refractivity contribution in [3.05, 3.63) is 29.8 Å². The molecule has 1 saturated heterocycles. The van der Waals surface area contributed by atoms with Gasteiger partial charge in [0.2, 0.25) is 5.91 Å². The molecule has 1 aliphatic rings. The molecule has 21 heavy (non-hydrogen) atoms. The molecule has 0 spiro atoms. The average molecular weight is 291 g/mol. The van der Waals surface area contributed by atoms with Crippen molar-refractivity contribution < 1.29 is 19.4 Å². The van der Waals surface area contributed by atoms with Crippen LogP contribution in [0.4, 0.5) is 0 Å². The predicted octanol–water partition coefficient (Wildman–Crippen LogP) is 2.09. The van der Waals surface area contributed by atoms with Crippen molar-refractivity contribution >= 4 is 11.9 Å². The van der Waals surface area contributed by atoms with Gasteiger partial charge in [-0.25, -0.2) is 4.79 Å². The van der Waals surface area contributed by atoms with Gasteiger partial charge in [-0.05, 0) is 37.0 Å². The van der Waals surface area contributed by atoms with Crippen LogP contribution in [-0.4, -0.2) is 41.1 Å². The average Bonchev–Trinajstić information content (AvgIpc) is 2.97. The van der Waals surface area contributed by atoms with Crippen LogP contribution in [0.1, 0.15) is 31.7 Å². The summed E-state index contributed by atoms with van der Waals surface area (Å²) < 4.78 is 5.58. The fraction of sp³-hybridized carbons (Fsp3) is 0.500. The quantitative estimate of drug-likeness (QED) is 0.871. The molecule has 0 aliphatic carbocycles. The van der Waals surface area contributed by atoms with E-state index in [1.54, 1.807) is 0 Å². The number of hydrogen-bond donors (Lipinski definition) is 1. The third kappa shape index (κ3) is 3.97. The molecule has 1 aromatic rings. The van der Waals surface area contributed by atoms with Crippen LogP contribution in [0.2, 0.25) is 0 Å². The highest BCUT2D eigenvalue weighted by Gasteiger charge is 2.33. The van der Waals surface area contributed by atoms with Crippen molar-refractivity contribution in [1.29, 1.82) is 0 Å². The van der Waals surface area contributed by atoms with Gasteiger partial charge in [0.25, 0.3) is 0 Å². The van der Waals surface area contributed by atoms with E-state index in [1.165, 1.54) is 10.5 Å². The van der Waals surface area contributed by atoms with Crippen LogP contribution in [-0.2, 0) is 16.0 Å². The number of carbonyl (C=O) groups is 2. The van der Waals surface area contributed by atoms with E-state index in [0.717, 1.165) is 18.6 Å². The maximum Gasteiger partial charge on any atom is 0.326 e. The zero-order valence-electron chi connectivity index (χ0n) is 12.2. The summed E-state index contributed by atoms with van der Waals surface area (Å²) in [5.74, 6) is -0.317. The summed E-state index contributed by atoms with van der Waals surface area (Å²) in [6.07, 6.45) is 2.44. The van der Waals surface area contributed by atoms with Gasteiger partial charge in [-0.2, -0.15) is 0 Å². The van der Waals surface area contributed by atoms with Crippen LogP contribution in [0.3, 0.4) is 0 Å². The van der Waals surface area contributed by atoms with Crippen LogP contribution >= 0.6 is 0 Å². The Morgan fingerprint density at radius 2 is 2.24 bits per heavy atom. The summed E-state index contributed by atoms with van der Waals surface area (Å²) >= 11 is 0. The van der Waals surface area contributed by atoms with Crippen molar-refractivity contribution in [2.24, 2.45) is 0 Å². The number of carboxylic acid groups (broad SMARTS) is 1. The molecule has 5 nitrogen and oxygen atoms in total. The Labute approximate surface area is 124 Å². The third-order valence-electron chi connectivity index (χ3n) is 3.75. The standard InChI is InChI=1S/C16H21NO4/c1-2-12-5-3-6-13(11-12)21-10-8-15(18)17-9-4-7-14(17)16(19)20/h3,5-6,11,14H,2,4,7-10H2,1H3,(H,19,20). The Bertz CT molecular complexity index is 515. The number of rotatable bonds is 6. The van der Waals surface area contributed by atoms with Crippen molar-refractivity contribution in [1.82, 2.24) is 4.90 Å². The number of ether oxygens (including phenoxy) is 1. The normalized spacial score (nSPS) is 17.8. The number of aryl methyl sites for hydroxylation is 1. The maximum atomic E-state index is 12.1. The lowest BCUT2D eigenvalue weighted by molar-refractivity contribution is -0.148. The molecular formula is C16H21NO4. The SMILES string of the molecule is CCc1cccc(OCCC(=O)N2CCCC2C(=O)O)c1. The van der Waals surface area contributed by atoms with Gasteiger partial charge in [-0.1, -0.05) is 19.1 Å². The van der Waals surface area contributed by atoms with Gasteiger partial charge < -0.3 is 14.7 Å². The summed E-state index contributed by atoms with van der Waals surface area (Å²) in [4.78, 5) is 24.6. The fourth-order valence-electron chi connectivity index (χ4n) is 2.58. The summed E-state index contributed by atoms with van der Waals surface area (Å²) in [5, 5.41) is 9.07. The van der Waals surface area contributed by atoms with Gasteiger partial charge >= 0.3 is 5.97 Å². The number of benzene rings is 1. The van der Waals surface area contributed by atoms with Crippen LogP contribution in [0.5, 0.6) is 5.75 Å². The number of hydrogen-bond acceptors (Lipinski definition) is 3. The summed E-state index contributed by atoms with van der Waals surface area (Å²) in [5.41, 5.74) is 1.18. The van der Waals surface area contributed by atoms with E-state index in [0.29, 0.717) is 13.0 Å². The van der Waals surface area contributed by atoms with E-state index in [-0.39, 0.29) is 18.9 Å². The molecule has 1 fully saturated rings. The molecule has 1 N–H and O–H groups in total. The van der Waals surface area contributed by atoms with Crippen molar-refractivity contribution in [2.75, 3.05) is 13.2 Å². The lowest BCUT2D eigenvalue weighted by Gasteiger charge is -2.21. The largest absolute Gasteiger partial charge is 0.493 e. The van der Waals surface area contributed by atoms with E-state index >= 15 is 0 Å². The second-order valence-corrected chi connectivity index (χ2v) is 5.18. The molecule has 2 rings (SSSR count). The molecule has 0 aromatic heterocycles. The first kappa shape index (κ1) is 15.4. The Morgan fingerprint density at radius 3 is 2.95 bits per heavy atom. The van der Waals surface area contributed by atoms with Crippen LogP contribution in [0, 0.1) is 0 Å². The number of likely N-dealkylation sites (tertiary alicyclic amines) is 1. The predicted molar refractivity (Wildman–Crippen MR) is 78.3 cm³/mol. The van der Waals surface area contributed by atoms with Gasteiger partial charge in [-0.3, -0.25) is 4.79 Å². The highest BCUT2D eigenvalue weighted by Crippen LogP contribution is 2.19. The zero-order chi connectivity index (χ0) is 15.2. The molecule has 1 aliphatic heterocycles. The highest BCUT2D eigenvalue weighted by atomic mass is 16.5. The van der Waals surface area contributed by atoms with Gasteiger partial charge in [0.1, 0.15) is 11.8 Å². The first-order valence-electron chi connectivity index (χ1n) is 7.36. The Morgan fingerprint density at radius 1 is 1.43 bits per heavy atom. The lowest BCUT2D eigenvalue weighted by atomic mass is 10.2. The molecule has 114 valence electrons. The number of amides is 1. The zero-order valence-corrected chi connectivity index (χ0v) is 12.2. The number of nitrogens with zero attached hydrogens (tertiary/aromatic N) is 1. The van der Waals surface area contributed by atoms with Gasteiger partial charge in [-0.15, -0.1) is 0 Å². The minimum absolute atomic E-state index is 0.147. The highest BCUT2D eigenvalue weighted by molar-refractivity contribution is 5.84. The van der Waals surface area contributed by atoms with Crippen LogP contribution in [0.25, 0.3) is 0 Å². The third-order valence-corrected chi connectivity index (χ3v) is 3.75. The van der Waals surface area contributed by atoms with Crippen molar-refractivity contribution in [3.8, 4) is 5.75 Å². The van der Waals surface area contributed by atoms with Crippen molar-refractivity contribution in [2.45, 2.75) is 38.6 Å². The molecule has 0 bridgehead atoms. The summed E-state index contributed by atoms with van der Waals surface area (Å²) in [6, 6.07) is 7.11. The lowest BCUT2D eigenvalue weighted by Crippen LogP contribution is -2.40. The molecule has 1 atom stereocenters. The molecular weight excluding hydrogens is 270 g/mol. The molecule has 0 saturated carbocycles. The van der Waals surface area contributed by atoms with Gasteiger partial charge in [0.05, 0.1) is 13.0 Å². The van der Waals surface area contributed by atoms with Gasteiger partial charge in [0, 0.05) is 6.54 Å². The molecule has 0 radical (unpaired) electrons. The van der Waals surface area contributed by atoms with E-state index in [1.807, 2.05) is 24.3 Å². The molecule has 1 aromatic carbocycles. The van der Waals surface area contributed by atoms with E-state index in [9.17, 15) is 9.59 Å². The second-order valence-electron chi connectivity index (χ2n) is 5.18. The number of carbonyl (C=O) groups excluding carboxylic acids is 1. The Hall–Kier alpha value is -2.04. The summed E-state index contributed by atoms with van der Waals surface area (Å²) in [7, 11) is 0. The smallest absolute Gasteiger partial charge is 0.326 e. The maximum absolute atomic E-state index is 12.1. The Balaban J connectivity index is 1.82. The number of aliphatic carboxylic acids is 1. The fourth-order valence-corrected chi connectivity index (χ4v) is 2.58. The van der Waals surface area contributed by atoms with E-state index in [2.05, 4.69) is 6.92 Å². The summed E-state index contributed by atoms with van der Waals surface area (Å²) in [6.45, 7) is 2.87. The van der Waals surface area contributed by atoms with E-state index < -0.39 is 12.0 Å². The number of carboxylic acids is 1. The van der Waals surface area contributed by atoms with E-state index in [4.69, 9.17) is 9.84 Å².